The van der Waals surface area contributed by atoms with Crippen molar-refractivity contribution >= 4 is 34.4 Å². The van der Waals surface area contributed by atoms with Gasteiger partial charge in [-0.05, 0) is 41.5 Å². The Morgan fingerprint density at radius 1 is 1.11 bits per heavy atom. The van der Waals surface area contributed by atoms with E-state index in [-0.39, 0.29) is 18.2 Å². The minimum Gasteiger partial charge on any atom is -0.383 e. The van der Waals surface area contributed by atoms with Crippen molar-refractivity contribution < 1.29 is 14.3 Å². The van der Waals surface area contributed by atoms with Gasteiger partial charge in [0.2, 0.25) is 5.91 Å². The lowest BCUT2D eigenvalue weighted by atomic mass is 9.91. The maximum Gasteiger partial charge on any atom is 0.255 e. The van der Waals surface area contributed by atoms with Crippen LogP contribution in [0.1, 0.15) is 50.3 Å². The van der Waals surface area contributed by atoms with Crippen molar-refractivity contribution in [3.8, 4) is 0 Å². The zero-order valence-corrected chi connectivity index (χ0v) is 21.9. The minimum absolute atomic E-state index is 0.101. The fourth-order valence-corrected chi connectivity index (χ4v) is 5.24. The van der Waals surface area contributed by atoms with Gasteiger partial charge in [-0.25, -0.2) is 4.99 Å². The van der Waals surface area contributed by atoms with Gasteiger partial charge in [-0.1, -0.05) is 68.1 Å². The third kappa shape index (κ3) is 5.71. The summed E-state index contributed by atoms with van der Waals surface area (Å²) in [5.41, 5.74) is 4.95. The van der Waals surface area contributed by atoms with Crippen LogP contribution in [0, 0.1) is 0 Å². The quantitative estimate of drug-likeness (QED) is 0.460. The molecule has 2 amide bonds. The smallest absolute Gasteiger partial charge is 0.255 e. The SMILES string of the molecule is COCCNC(=O)CC1=CSC2=NC(C)=C(C(=O)Nc3ccccc3)C(c3ccc(C(C)C)cc3)N12. The molecule has 0 fully saturated rings. The van der Waals surface area contributed by atoms with Crippen LogP contribution >= 0.6 is 11.8 Å². The topological polar surface area (TPSA) is 83.0 Å². The van der Waals surface area contributed by atoms with Gasteiger partial charge >= 0.3 is 0 Å². The number of thioether (sulfide) groups is 1. The minimum atomic E-state index is -0.407. The van der Waals surface area contributed by atoms with E-state index in [0.29, 0.717) is 30.3 Å². The Kier molecular flexibility index (Phi) is 8.28. The van der Waals surface area contributed by atoms with Gasteiger partial charge in [0.1, 0.15) is 0 Å². The number of methoxy groups -OCH3 is 1. The predicted octanol–water partition coefficient (Wildman–Crippen LogP) is 5.18. The van der Waals surface area contributed by atoms with Gasteiger partial charge in [0.25, 0.3) is 5.91 Å². The number of hydrogen-bond acceptors (Lipinski definition) is 6. The Hall–Kier alpha value is -3.36. The summed E-state index contributed by atoms with van der Waals surface area (Å²) in [5, 5.41) is 8.63. The second kappa shape index (κ2) is 11.6. The fourth-order valence-electron chi connectivity index (χ4n) is 4.28. The van der Waals surface area contributed by atoms with Crippen LogP contribution < -0.4 is 10.6 Å². The Morgan fingerprint density at radius 2 is 1.83 bits per heavy atom. The molecule has 0 aliphatic carbocycles. The molecule has 188 valence electrons. The van der Waals surface area contributed by atoms with E-state index < -0.39 is 6.04 Å². The third-order valence-corrected chi connectivity index (χ3v) is 7.05. The van der Waals surface area contributed by atoms with Gasteiger partial charge in [0.15, 0.2) is 5.17 Å². The number of ether oxygens (including phenoxy) is 1. The van der Waals surface area contributed by atoms with Gasteiger partial charge in [-0.15, -0.1) is 0 Å². The number of para-hydroxylation sites is 1. The lowest BCUT2D eigenvalue weighted by Gasteiger charge is -2.36. The molecule has 36 heavy (non-hydrogen) atoms. The first-order valence-electron chi connectivity index (χ1n) is 12.0. The van der Waals surface area contributed by atoms with E-state index in [2.05, 4.69) is 48.7 Å². The van der Waals surface area contributed by atoms with E-state index in [4.69, 9.17) is 9.73 Å². The highest BCUT2D eigenvalue weighted by Gasteiger charge is 2.40. The van der Waals surface area contributed by atoms with Gasteiger partial charge in [0, 0.05) is 25.0 Å². The van der Waals surface area contributed by atoms with Crippen LogP contribution in [0.4, 0.5) is 5.69 Å². The van der Waals surface area contributed by atoms with Gasteiger partial charge < -0.3 is 20.3 Å². The molecule has 0 radical (unpaired) electrons. The van der Waals surface area contributed by atoms with Crippen LogP contribution in [0.2, 0.25) is 0 Å². The number of fused-ring (bicyclic) bond motifs is 1. The van der Waals surface area contributed by atoms with E-state index in [1.54, 1.807) is 7.11 Å². The largest absolute Gasteiger partial charge is 0.383 e. The molecule has 2 heterocycles. The van der Waals surface area contributed by atoms with Crippen LogP contribution in [0.15, 0.2) is 82.0 Å². The molecule has 2 N–H and O–H groups in total. The Labute approximate surface area is 216 Å². The average Bonchev–Trinajstić information content (AvgIpc) is 3.25. The van der Waals surface area contributed by atoms with E-state index >= 15 is 0 Å². The number of anilines is 1. The lowest BCUT2D eigenvalue weighted by Crippen LogP contribution is -2.39. The van der Waals surface area contributed by atoms with E-state index in [0.717, 1.165) is 22.1 Å². The molecule has 7 nitrogen and oxygen atoms in total. The first kappa shape index (κ1) is 25.7. The molecule has 4 rings (SSSR count). The average molecular weight is 505 g/mol. The molecule has 1 atom stereocenters. The molecule has 0 saturated carbocycles. The van der Waals surface area contributed by atoms with Gasteiger partial charge in [-0.3, -0.25) is 9.59 Å². The summed E-state index contributed by atoms with van der Waals surface area (Å²) in [4.78, 5) is 33.1. The molecular weight excluding hydrogens is 472 g/mol. The Balaban J connectivity index is 1.69. The Morgan fingerprint density at radius 3 is 2.50 bits per heavy atom. The summed E-state index contributed by atoms with van der Waals surface area (Å²) < 4.78 is 5.04. The van der Waals surface area contributed by atoms with Crippen LogP contribution in [-0.2, 0) is 14.3 Å². The van der Waals surface area contributed by atoms with Crippen LogP contribution in [0.5, 0.6) is 0 Å². The number of carbonyl (C=O) groups excluding carboxylic acids is 2. The number of nitrogens with zero attached hydrogens (tertiary/aromatic N) is 2. The van der Waals surface area contributed by atoms with E-state index in [9.17, 15) is 9.59 Å². The summed E-state index contributed by atoms with van der Waals surface area (Å²) in [7, 11) is 1.60. The van der Waals surface area contributed by atoms with Crippen molar-refractivity contribution in [2.75, 3.05) is 25.6 Å². The molecule has 2 aromatic carbocycles. The molecule has 0 saturated heterocycles. The normalized spacial score (nSPS) is 17.0. The summed E-state index contributed by atoms with van der Waals surface area (Å²) in [6, 6.07) is 17.4. The number of allylic oxidation sites excluding steroid dienone is 1. The maximum atomic E-state index is 13.6. The molecule has 2 aliphatic heterocycles. The molecular formula is C28H32N4O3S. The number of rotatable bonds is 9. The molecule has 2 aromatic rings. The highest BCUT2D eigenvalue weighted by atomic mass is 32.2. The number of hydrogen-bond donors (Lipinski definition) is 2. The van der Waals surface area contributed by atoms with E-state index in [1.807, 2.05) is 47.6 Å². The summed E-state index contributed by atoms with van der Waals surface area (Å²) in [6.45, 7) is 7.08. The molecule has 0 spiro atoms. The highest BCUT2D eigenvalue weighted by molar-refractivity contribution is 8.16. The third-order valence-electron chi connectivity index (χ3n) is 6.17. The summed E-state index contributed by atoms with van der Waals surface area (Å²) in [5.74, 6) is 0.0881. The number of nitrogens with one attached hydrogen (secondary N) is 2. The number of amides is 2. The van der Waals surface area contributed by atoms with Crippen LogP contribution in [0.25, 0.3) is 0 Å². The maximum absolute atomic E-state index is 13.6. The molecule has 0 bridgehead atoms. The Bertz CT molecular complexity index is 1200. The predicted molar refractivity (Wildman–Crippen MR) is 145 cm³/mol. The highest BCUT2D eigenvalue weighted by Crippen LogP contribution is 2.45. The zero-order valence-electron chi connectivity index (χ0n) is 21.1. The summed E-state index contributed by atoms with van der Waals surface area (Å²) in [6.07, 6.45) is 0.183. The second-order valence-corrected chi connectivity index (χ2v) is 9.89. The summed E-state index contributed by atoms with van der Waals surface area (Å²) >= 11 is 1.48. The number of benzene rings is 2. The number of amidine groups is 1. The molecule has 0 aromatic heterocycles. The van der Waals surface area contributed by atoms with Crippen molar-refractivity contribution in [1.82, 2.24) is 10.2 Å². The molecule has 2 aliphatic rings. The first-order valence-corrected chi connectivity index (χ1v) is 12.9. The molecule has 8 heteroatoms. The number of aliphatic imine (C=N–C) groups is 1. The van der Waals surface area contributed by atoms with Gasteiger partial charge in [0.05, 0.1) is 30.3 Å². The van der Waals surface area contributed by atoms with Crippen molar-refractivity contribution in [3.63, 3.8) is 0 Å². The molecule has 1 unspecified atom stereocenters. The van der Waals surface area contributed by atoms with Crippen molar-refractivity contribution in [3.05, 3.63) is 88.1 Å². The zero-order chi connectivity index (χ0) is 25.7. The van der Waals surface area contributed by atoms with Crippen molar-refractivity contribution in [2.24, 2.45) is 4.99 Å². The van der Waals surface area contributed by atoms with E-state index in [1.165, 1.54) is 17.3 Å². The van der Waals surface area contributed by atoms with Gasteiger partial charge in [-0.2, -0.15) is 0 Å². The standard InChI is InChI=1S/C28H32N4O3S/c1-18(2)20-10-12-21(13-11-20)26-25(27(34)31-22-8-6-5-7-9-22)19(3)30-28-32(26)23(17-36-28)16-24(33)29-14-15-35-4/h5-13,17-18,26H,14-16H2,1-4H3,(H,29,33)(H,31,34). The first-order chi connectivity index (χ1) is 17.4. The van der Waals surface area contributed by atoms with Crippen molar-refractivity contribution in [2.45, 2.75) is 39.2 Å². The monoisotopic (exact) mass is 504 g/mol. The fraction of sp³-hybridized carbons (Fsp3) is 0.321. The van der Waals surface area contributed by atoms with Crippen molar-refractivity contribution in [1.29, 1.82) is 0 Å². The second-order valence-electron chi connectivity index (χ2n) is 9.05. The van der Waals surface area contributed by atoms with Crippen LogP contribution in [0.3, 0.4) is 0 Å². The van der Waals surface area contributed by atoms with Crippen LogP contribution in [-0.4, -0.2) is 42.1 Å². The number of carbonyl (C=O) groups is 2. The lowest BCUT2D eigenvalue weighted by molar-refractivity contribution is -0.120.